The Hall–Kier alpha value is -0.0500. The largest absolute Gasteiger partial charge is 0.756 e. The molecule has 9 heteroatoms. The van der Waals surface area contributed by atoms with Crippen molar-refractivity contribution >= 4 is 7.82 Å². The molecule has 0 spiro atoms. The number of phosphoric ester groups is 1. The monoisotopic (exact) mass is 561 g/mol. The van der Waals surface area contributed by atoms with Crippen LogP contribution in [-0.2, 0) is 23.6 Å². The molecule has 38 heavy (non-hydrogen) atoms. The second-order valence-corrected chi connectivity index (χ2v) is 14.4. The van der Waals surface area contributed by atoms with Gasteiger partial charge in [-0.15, -0.1) is 10.3 Å². The Kier molecular flexibility index (Phi) is 14.7. The molecule has 0 aromatic heterocycles. The average molecular weight is 562 g/mol. The molecule has 0 aliphatic carbocycles. The third kappa shape index (κ3) is 12.2. The zero-order valence-corrected chi connectivity index (χ0v) is 26.1. The Bertz CT molecular complexity index is 697. The van der Waals surface area contributed by atoms with Crippen molar-refractivity contribution < 1.29 is 32.9 Å². The minimum absolute atomic E-state index is 0.149. The van der Waals surface area contributed by atoms with E-state index in [0.717, 1.165) is 75.4 Å². The highest BCUT2D eigenvalue weighted by Crippen LogP contribution is 2.43. The van der Waals surface area contributed by atoms with Crippen LogP contribution in [0.25, 0.3) is 0 Å². The zero-order valence-electron chi connectivity index (χ0n) is 25.2. The van der Waals surface area contributed by atoms with E-state index in [1.54, 1.807) is 0 Å². The minimum atomic E-state index is -4.26. The molecule has 0 N–H and O–H groups in total. The highest BCUT2D eigenvalue weighted by Gasteiger charge is 2.51. The highest BCUT2D eigenvalue weighted by atomic mass is 31.2. The second-order valence-electron chi connectivity index (χ2n) is 13.1. The van der Waals surface area contributed by atoms with Crippen molar-refractivity contribution in [3.8, 4) is 0 Å². The molecule has 2 atom stereocenters. The smallest absolute Gasteiger partial charge is 0.268 e. The molecule has 0 saturated carbocycles. The summed E-state index contributed by atoms with van der Waals surface area (Å²) >= 11 is 0. The number of quaternary nitrogens is 1. The fraction of sp³-hybridized carbons (Fsp3) is 1.00. The molecule has 2 fully saturated rings. The van der Waals surface area contributed by atoms with E-state index in [1.807, 2.05) is 13.8 Å². The number of hydrogen-bond donors (Lipinski definition) is 0. The number of rotatable bonds is 20. The van der Waals surface area contributed by atoms with Gasteiger partial charge in [0.05, 0.1) is 52.0 Å². The van der Waals surface area contributed by atoms with E-state index in [4.69, 9.17) is 13.8 Å². The van der Waals surface area contributed by atoms with Crippen LogP contribution >= 0.6 is 7.82 Å². The van der Waals surface area contributed by atoms with Gasteiger partial charge in [-0.3, -0.25) is 4.57 Å². The number of nitrogens with zero attached hydrogens (tertiary/aromatic N) is 2. The summed E-state index contributed by atoms with van der Waals surface area (Å²) in [6.07, 6.45) is 17.3. The lowest BCUT2D eigenvalue weighted by atomic mass is 9.95. The topological polar surface area (TPSA) is 91.0 Å². The summed E-state index contributed by atoms with van der Waals surface area (Å²) in [7, 11) is 0.0369. The van der Waals surface area contributed by atoms with E-state index in [9.17, 15) is 14.7 Å². The third-order valence-electron chi connectivity index (χ3n) is 8.39. The maximum Gasteiger partial charge on any atom is 0.268 e. The Morgan fingerprint density at radius 2 is 1.39 bits per heavy atom. The van der Waals surface area contributed by atoms with Gasteiger partial charge in [0.1, 0.15) is 5.72 Å². The van der Waals surface area contributed by atoms with Crippen molar-refractivity contribution in [2.24, 2.45) is 0 Å². The number of piperidine rings is 1. The summed E-state index contributed by atoms with van der Waals surface area (Å²) in [6, 6.07) is 0. The Balaban J connectivity index is 1.62. The third-order valence-corrected chi connectivity index (χ3v) is 9.44. The predicted molar refractivity (Wildman–Crippen MR) is 150 cm³/mol. The van der Waals surface area contributed by atoms with Crippen LogP contribution in [0.3, 0.4) is 0 Å². The highest BCUT2D eigenvalue weighted by molar-refractivity contribution is 7.45. The van der Waals surface area contributed by atoms with Gasteiger partial charge in [0.15, 0.2) is 0 Å². The number of phosphoric acid groups is 1. The van der Waals surface area contributed by atoms with Crippen LogP contribution in [-0.4, -0.2) is 67.3 Å². The van der Waals surface area contributed by atoms with Gasteiger partial charge in [-0.1, -0.05) is 71.1 Å². The number of likely N-dealkylation sites (tertiary alicyclic amines) is 1. The van der Waals surface area contributed by atoms with E-state index >= 15 is 0 Å². The molecule has 0 amide bonds. The van der Waals surface area contributed by atoms with Crippen LogP contribution in [0.4, 0.5) is 0 Å². The molecular weight excluding hydrogens is 503 g/mol. The molecule has 8 nitrogen and oxygen atoms in total. The lowest BCUT2D eigenvalue weighted by Gasteiger charge is -2.38. The van der Waals surface area contributed by atoms with Crippen LogP contribution in [0, 0.1) is 0 Å². The quantitative estimate of drug-likeness (QED) is 0.0928. The molecule has 2 rings (SSSR count). The Labute approximate surface area is 233 Å². The van der Waals surface area contributed by atoms with Gasteiger partial charge in [0.2, 0.25) is 0 Å². The Morgan fingerprint density at radius 1 is 0.895 bits per heavy atom. The van der Waals surface area contributed by atoms with E-state index in [0.29, 0.717) is 13.0 Å². The number of unbranched alkanes of at least 4 members (excludes halogenated alkanes) is 11. The van der Waals surface area contributed by atoms with Gasteiger partial charge in [-0.25, -0.2) is 0 Å². The van der Waals surface area contributed by atoms with Crippen LogP contribution in [0.5, 0.6) is 0 Å². The molecule has 2 aliphatic heterocycles. The van der Waals surface area contributed by atoms with Crippen LogP contribution in [0.1, 0.15) is 130 Å². The van der Waals surface area contributed by atoms with Crippen molar-refractivity contribution in [2.45, 2.75) is 147 Å². The Morgan fingerprint density at radius 3 is 1.89 bits per heavy atom. The number of hydroxylamine groups is 2. The molecule has 2 saturated heterocycles. The summed E-state index contributed by atoms with van der Waals surface area (Å²) < 4.78 is 29.7. The standard InChI is InChI=1S/C29H58N2O6P/c1-6-7-8-9-10-11-12-13-16-21-29(30(32)28(2,3)26-35-29)22-17-14-15-18-25-36-38(33,34)37-27-19-23-31(4,5)24-20-27/h27H,6-26H2,1-5H3. The van der Waals surface area contributed by atoms with Crippen molar-refractivity contribution in [2.75, 3.05) is 40.4 Å². The van der Waals surface area contributed by atoms with E-state index in [1.165, 1.54) is 50.0 Å². The molecular formula is C29H58N2O6P. The van der Waals surface area contributed by atoms with E-state index in [-0.39, 0.29) is 12.7 Å². The molecule has 2 heterocycles. The zero-order chi connectivity index (χ0) is 28.1. The normalized spacial score (nSPS) is 25.6. The number of ether oxygens (including phenoxy) is 1. The lowest BCUT2D eigenvalue weighted by molar-refractivity contribution is -0.896. The first kappa shape index (κ1) is 34.2. The van der Waals surface area contributed by atoms with E-state index < -0.39 is 19.1 Å². The fourth-order valence-electron chi connectivity index (χ4n) is 5.76. The van der Waals surface area contributed by atoms with Crippen LogP contribution < -0.4 is 4.89 Å². The molecule has 2 unspecified atom stereocenters. The van der Waals surface area contributed by atoms with Gasteiger partial charge >= 0.3 is 0 Å². The summed E-state index contributed by atoms with van der Waals surface area (Å²) in [4.78, 5) is 12.2. The van der Waals surface area contributed by atoms with Gasteiger partial charge in [0.25, 0.3) is 7.82 Å². The maximum absolute atomic E-state index is 13.2. The summed E-state index contributed by atoms with van der Waals surface area (Å²) in [5.74, 6) is 0. The minimum Gasteiger partial charge on any atom is -0.756 e. The predicted octanol–water partition coefficient (Wildman–Crippen LogP) is 6.75. The molecule has 225 valence electrons. The van der Waals surface area contributed by atoms with Crippen molar-refractivity contribution in [1.82, 2.24) is 5.06 Å². The SMILES string of the molecule is CCCCCCCCCCCC1(CCCCCCOP(=O)([O-])OC2CC[N+](C)(C)CC2)OCC(C)(C)N1[O]. The molecule has 1 radical (unpaired) electrons. The summed E-state index contributed by atoms with van der Waals surface area (Å²) in [5.41, 5.74) is -1.21. The van der Waals surface area contributed by atoms with E-state index in [2.05, 4.69) is 21.0 Å². The molecule has 0 aromatic carbocycles. The lowest BCUT2D eigenvalue weighted by Crippen LogP contribution is -2.49. The van der Waals surface area contributed by atoms with Crippen LogP contribution in [0.15, 0.2) is 0 Å². The molecule has 0 bridgehead atoms. The van der Waals surface area contributed by atoms with Gasteiger partial charge in [-0.05, 0) is 46.0 Å². The number of hydrogen-bond acceptors (Lipinski definition) is 6. The van der Waals surface area contributed by atoms with Gasteiger partial charge in [-0.2, -0.15) is 0 Å². The summed E-state index contributed by atoms with van der Waals surface area (Å²) in [5, 5.41) is 14.4. The van der Waals surface area contributed by atoms with Gasteiger partial charge < -0.3 is 23.2 Å². The first-order valence-electron chi connectivity index (χ1n) is 15.5. The summed E-state index contributed by atoms with van der Waals surface area (Å²) in [6.45, 7) is 8.61. The molecule has 0 aromatic rings. The maximum atomic E-state index is 13.2. The van der Waals surface area contributed by atoms with Crippen LogP contribution in [0.2, 0.25) is 0 Å². The van der Waals surface area contributed by atoms with Gasteiger partial charge in [0, 0.05) is 12.8 Å². The van der Waals surface area contributed by atoms with Crippen molar-refractivity contribution in [3.63, 3.8) is 0 Å². The molecule has 2 aliphatic rings. The van der Waals surface area contributed by atoms with Crippen molar-refractivity contribution in [1.29, 1.82) is 0 Å². The first-order chi connectivity index (χ1) is 17.9. The fourth-order valence-corrected chi connectivity index (χ4v) is 6.75. The van der Waals surface area contributed by atoms with Crippen molar-refractivity contribution in [3.05, 3.63) is 0 Å². The average Bonchev–Trinajstić information content (AvgIpc) is 3.08. The second kappa shape index (κ2) is 16.4. The first-order valence-corrected chi connectivity index (χ1v) is 16.9.